The predicted octanol–water partition coefficient (Wildman–Crippen LogP) is 2.11. The maximum Gasteiger partial charge on any atom is 0.139 e. The average molecular weight is 202 g/mol. The molecular weight excluding hydrogens is 180 g/mol. The molecule has 0 aromatic heterocycles. The Kier molecular flexibility index (Phi) is 9.74. The van der Waals surface area contributed by atoms with Gasteiger partial charge in [0.1, 0.15) is 5.84 Å². The van der Waals surface area contributed by atoms with Gasteiger partial charge in [0.25, 0.3) is 0 Å². The zero-order chi connectivity index (χ0) is 10.6. The molecule has 0 aliphatic rings. The second-order valence-corrected chi connectivity index (χ2v) is 3.37. The molecule has 0 saturated heterocycles. The third-order valence-corrected chi connectivity index (χ3v) is 1.99. The maximum atomic E-state index is 8.26. The van der Waals surface area contributed by atoms with Crippen molar-refractivity contribution in [1.29, 1.82) is 0 Å². The molecule has 0 bridgehead atoms. The van der Waals surface area contributed by atoms with E-state index in [0.29, 0.717) is 13.0 Å². The van der Waals surface area contributed by atoms with E-state index < -0.39 is 0 Å². The van der Waals surface area contributed by atoms with Crippen LogP contribution in [0.1, 0.15) is 45.4 Å². The van der Waals surface area contributed by atoms with Gasteiger partial charge >= 0.3 is 0 Å². The number of amidine groups is 1. The van der Waals surface area contributed by atoms with Crippen LogP contribution in [0.3, 0.4) is 0 Å². The Labute approximate surface area is 86.1 Å². The molecule has 0 saturated carbocycles. The zero-order valence-electron chi connectivity index (χ0n) is 9.04. The molecule has 4 nitrogen and oxygen atoms in total. The van der Waals surface area contributed by atoms with Crippen LogP contribution >= 0.6 is 0 Å². The number of ether oxygens (including phenoxy) is 1. The van der Waals surface area contributed by atoms with E-state index in [2.05, 4.69) is 12.1 Å². The molecule has 0 rings (SSSR count). The third kappa shape index (κ3) is 9.32. The molecule has 0 aromatic carbocycles. The van der Waals surface area contributed by atoms with E-state index in [9.17, 15) is 0 Å². The molecule has 0 amide bonds. The highest BCUT2D eigenvalue weighted by Gasteiger charge is 1.93. The smallest absolute Gasteiger partial charge is 0.139 e. The summed E-state index contributed by atoms with van der Waals surface area (Å²) in [5.41, 5.74) is 5.30. The number of nitrogens with two attached hydrogens (primary N) is 1. The van der Waals surface area contributed by atoms with Gasteiger partial charge in [-0.05, 0) is 12.8 Å². The highest BCUT2D eigenvalue weighted by molar-refractivity contribution is 5.79. The van der Waals surface area contributed by atoms with Gasteiger partial charge in [0.15, 0.2) is 0 Å². The number of nitrogens with zero attached hydrogens (tertiary/aromatic N) is 1. The number of hydrogen-bond acceptors (Lipinski definition) is 3. The molecule has 0 spiro atoms. The summed E-state index contributed by atoms with van der Waals surface area (Å²) in [6.07, 6.45) is 6.35. The number of unbranched alkanes of at least 4 members (excludes halogenated alkanes) is 3. The van der Waals surface area contributed by atoms with Crippen LogP contribution in [0.5, 0.6) is 0 Å². The molecule has 0 aliphatic carbocycles. The quantitative estimate of drug-likeness (QED) is 0.198. The van der Waals surface area contributed by atoms with Crippen molar-refractivity contribution < 1.29 is 9.94 Å². The lowest BCUT2D eigenvalue weighted by atomic mass is 10.2. The summed E-state index contributed by atoms with van der Waals surface area (Å²) in [4.78, 5) is 0. The van der Waals surface area contributed by atoms with Gasteiger partial charge in [-0.3, -0.25) is 0 Å². The van der Waals surface area contributed by atoms with Gasteiger partial charge in [0.05, 0.1) is 0 Å². The fraction of sp³-hybridized carbons (Fsp3) is 0.900. The van der Waals surface area contributed by atoms with Crippen LogP contribution in [0.2, 0.25) is 0 Å². The second-order valence-electron chi connectivity index (χ2n) is 3.37. The highest BCUT2D eigenvalue weighted by Crippen LogP contribution is 1.99. The average Bonchev–Trinajstić information content (AvgIpc) is 2.21. The van der Waals surface area contributed by atoms with Crippen molar-refractivity contribution >= 4 is 5.84 Å². The molecule has 0 aromatic rings. The van der Waals surface area contributed by atoms with E-state index >= 15 is 0 Å². The maximum absolute atomic E-state index is 8.26. The van der Waals surface area contributed by atoms with Gasteiger partial charge in [-0.25, -0.2) is 0 Å². The Bertz CT molecular complexity index is 149. The normalized spacial score (nSPS) is 11.9. The Morgan fingerprint density at radius 2 is 1.93 bits per heavy atom. The standard InChI is InChI=1S/C10H22N2O2/c1-2-3-4-5-8-14-9-6-7-10(11)12-13/h13H,2-9H2,1H3,(H2,11,12). The summed E-state index contributed by atoms with van der Waals surface area (Å²) in [5, 5.41) is 11.1. The van der Waals surface area contributed by atoms with Gasteiger partial charge in [0, 0.05) is 19.6 Å². The van der Waals surface area contributed by atoms with Crippen LogP contribution in [0.15, 0.2) is 5.16 Å². The molecule has 0 aliphatic heterocycles. The molecule has 0 heterocycles. The first-order chi connectivity index (χ1) is 6.81. The first kappa shape index (κ1) is 13.2. The summed E-state index contributed by atoms with van der Waals surface area (Å²) in [6.45, 7) is 3.72. The van der Waals surface area contributed by atoms with Crippen LogP contribution in [0, 0.1) is 0 Å². The molecular formula is C10H22N2O2. The highest BCUT2D eigenvalue weighted by atomic mass is 16.5. The number of oxime groups is 1. The van der Waals surface area contributed by atoms with E-state index in [-0.39, 0.29) is 5.84 Å². The van der Waals surface area contributed by atoms with Gasteiger partial charge in [-0.2, -0.15) is 0 Å². The fourth-order valence-corrected chi connectivity index (χ4v) is 1.14. The molecule has 4 heteroatoms. The van der Waals surface area contributed by atoms with Gasteiger partial charge in [-0.15, -0.1) is 0 Å². The minimum Gasteiger partial charge on any atom is -0.409 e. The van der Waals surface area contributed by atoms with E-state index in [1.54, 1.807) is 0 Å². The van der Waals surface area contributed by atoms with E-state index in [4.69, 9.17) is 15.7 Å². The third-order valence-electron chi connectivity index (χ3n) is 1.99. The largest absolute Gasteiger partial charge is 0.409 e. The Morgan fingerprint density at radius 3 is 2.57 bits per heavy atom. The molecule has 3 N–H and O–H groups in total. The van der Waals surface area contributed by atoms with Crippen molar-refractivity contribution in [2.45, 2.75) is 45.4 Å². The van der Waals surface area contributed by atoms with Gasteiger partial charge in [0.2, 0.25) is 0 Å². The minimum absolute atomic E-state index is 0.277. The lowest BCUT2D eigenvalue weighted by Gasteiger charge is -2.03. The van der Waals surface area contributed by atoms with Crippen molar-refractivity contribution in [2.24, 2.45) is 10.9 Å². The molecule has 0 atom stereocenters. The Balaban J connectivity index is 2.99. The van der Waals surface area contributed by atoms with Crippen LogP contribution in [-0.4, -0.2) is 24.3 Å². The zero-order valence-corrected chi connectivity index (χ0v) is 9.04. The SMILES string of the molecule is CCCCCCOCCC/C(N)=N/O. The first-order valence-corrected chi connectivity index (χ1v) is 5.35. The molecule has 84 valence electrons. The Hall–Kier alpha value is -0.770. The van der Waals surface area contributed by atoms with E-state index in [0.717, 1.165) is 19.4 Å². The lowest BCUT2D eigenvalue weighted by Crippen LogP contribution is -2.12. The van der Waals surface area contributed by atoms with Crippen molar-refractivity contribution in [2.75, 3.05) is 13.2 Å². The first-order valence-electron chi connectivity index (χ1n) is 5.35. The van der Waals surface area contributed by atoms with Crippen molar-refractivity contribution in [3.05, 3.63) is 0 Å². The summed E-state index contributed by atoms with van der Waals surface area (Å²) >= 11 is 0. The monoisotopic (exact) mass is 202 g/mol. The summed E-state index contributed by atoms with van der Waals surface area (Å²) < 4.78 is 5.38. The predicted molar refractivity (Wildman–Crippen MR) is 57.6 cm³/mol. The molecule has 0 unspecified atom stereocenters. The van der Waals surface area contributed by atoms with Gasteiger partial charge in [-0.1, -0.05) is 31.3 Å². The van der Waals surface area contributed by atoms with E-state index in [1.807, 2.05) is 0 Å². The second kappa shape index (κ2) is 10.3. The van der Waals surface area contributed by atoms with Crippen molar-refractivity contribution in [1.82, 2.24) is 0 Å². The topological polar surface area (TPSA) is 67.8 Å². The van der Waals surface area contributed by atoms with Crippen molar-refractivity contribution in [3.63, 3.8) is 0 Å². The summed E-state index contributed by atoms with van der Waals surface area (Å²) in [5.74, 6) is 0.277. The van der Waals surface area contributed by atoms with Crippen LogP contribution in [-0.2, 0) is 4.74 Å². The minimum atomic E-state index is 0.277. The fourth-order valence-electron chi connectivity index (χ4n) is 1.14. The number of hydrogen-bond donors (Lipinski definition) is 2. The molecule has 14 heavy (non-hydrogen) atoms. The molecule has 0 fully saturated rings. The van der Waals surface area contributed by atoms with Gasteiger partial charge < -0.3 is 15.7 Å². The number of rotatable bonds is 9. The summed E-state index contributed by atoms with van der Waals surface area (Å²) in [6, 6.07) is 0. The summed E-state index contributed by atoms with van der Waals surface area (Å²) in [7, 11) is 0. The lowest BCUT2D eigenvalue weighted by molar-refractivity contribution is 0.128. The van der Waals surface area contributed by atoms with Crippen LogP contribution in [0.4, 0.5) is 0 Å². The molecule has 0 radical (unpaired) electrons. The van der Waals surface area contributed by atoms with Crippen molar-refractivity contribution in [3.8, 4) is 0 Å². The van der Waals surface area contributed by atoms with E-state index in [1.165, 1.54) is 19.3 Å². The Morgan fingerprint density at radius 1 is 1.21 bits per heavy atom. The van der Waals surface area contributed by atoms with Crippen LogP contribution < -0.4 is 5.73 Å². The van der Waals surface area contributed by atoms with Crippen LogP contribution in [0.25, 0.3) is 0 Å².